The van der Waals surface area contributed by atoms with Crippen molar-refractivity contribution in [2.75, 3.05) is 31.1 Å². The number of anilines is 1. The number of rotatable bonds is 5. The Kier molecular flexibility index (Phi) is 6.26. The Labute approximate surface area is 174 Å². The summed E-state index contributed by atoms with van der Waals surface area (Å²) in [5.74, 6) is -1.29. The van der Waals surface area contributed by atoms with E-state index in [-0.39, 0.29) is 17.9 Å². The molecule has 2 fully saturated rings. The Morgan fingerprint density at radius 2 is 2.07 bits per heavy atom. The number of likely N-dealkylation sites (tertiary alicyclic amines) is 1. The lowest BCUT2D eigenvalue weighted by Crippen LogP contribution is -2.48. The summed E-state index contributed by atoms with van der Waals surface area (Å²) in [5, 5.41) is 2.53. The summed E-state index contributed by atoms with van der Waals surface area (Å²) in [5.41, 5.74) is 0.0853. The summed E-state index contributed by atoms with van der Waals surface area (Å²) >= 11 is 0. The molecule has 0 unspecified atom stereocenters. The van der Waals surface area contributed by atoms with Crippen molar-refractivity contribution in [3.05, 3.63) is 41.5 Å². The number of oxazole rings is 1. The van der Waals surface area contributed by atoms with E-state index >= 15 is 0 Å². The van der Waals surface area contributed by atoms with Gasteiger partial charge in [-0.3, -0.25) is 14.7 Å². The zero-order valence-electron chi connectivity index (χ0n) is 17.1. The summed E-state index contributed by atoms with van der Waals surface area (Å²) in [7, 11) is 0. The van der Waals surface area contributed by atoms with E-state index in [1.807, 2.05) is 0 Å². The first-order valence-corrected chi connectivity index (χ1v) is 10.5. The molecule has 0 aromatic carbocycles. The molecule has 0 saturated carbocycles. The molecule has 2 aromatic heterocycles. The van der Waals surface area contributed by atoms with E-state index < -0.39 is 17.5 Å². The molecule has 2 aromatic rings. The van der Waals surface area contributed by atoms with Gasteiger partial charge in [-0.25, -0.2) is 8.78 Å². The highest BCUT2D eigenvalue weighted by atomic mass is 19.1. The molecule has 4 heterocycles. The van der Waals surface area contributed by atoms with Crippen LogP contribution in [0.5, 0.6) is 0 Å². The molecule has 9 heteroatoms. The van der Waals surface area contributed by atoms with Gasteiger partial charge in [0, 0.05) is 31.7 Å². The van der Waals surface area contributed by atoms with Gasteiger partial charge in [0.1, 0.15) is 17.9 Å². The van der Waals surface area contributed by atoms with Crippen LogP contribution in [0.2, 0.25) is 0 Å². The second kappa shape index (κ2) is 9.07. The number of piperidine rings is 2. The number of nitrogens with one attached hydrogen (secondary N) is 1. The van der Waals surface area contributed by atoms with E-state index in [1.165, 1.54) is 32.2 Å². The lowest BCUT2D eigenvalue weighted by Gasteiger charge is -2.41. The van der Waals surface area contributed by atoms with Gasteiger partial charge in [-0.05, 0) is 38.1 Å². The van der Waals surface area contributed by atoms with Gasteiger partial charge < -0.3 is 14.6 Å². The van der Waals surface area contributed by atoms with Crippen LogP contribution in [0.25, 0.3) is 0 Å². The molecular formula is C21H27F2N5O2. The van der Waals surface area contributed by atoms with Gasteiger partial charge in [-0.1, -0.05) is 6.92 Å². The zero-order valence-corrected chi connectivity index (χ0v) is 17.1. The van der Waals surface area contributed by atoms with E-state index in [4.69, 9.17) is 4.42 Å². The number of amides is 1. The molecule has 0 aliphatic carbocycles. The zero-order chi connectivity index (χ0) is 21.1. The summed E-state index contributed by atoms with van der Waals surface area (Å²) in [6.07, 6.45) is 6.90. The normalized spacial score (nSPS) is 21.0. The Morgan fingerprint density at radius 1 is 1.27 bits per heavy atom. The highest BCUT2D eigenvalue weighted by Crippen LogP contribution is 2.26. The highest BCUT2D eigenvalue weighted by Gasteiger charge is 2.29. The van der Waals surface area contributed by atoms with E-state index in [1.54, 1.807) is 0 Å². The number of nitrogens with zero attached hydrogens (tertiary/aromatic N) is 4. The fourth-order valence-corrected chi connectivity index (χ4v) is 4.32. The van der Waals surface area contributed by atoms with Crippen LogP contribution in [-0.2, 0) is 6.54 Å². The smallest absolute Gasteiger partial charge is 0.297 e. The van der Waals surface area contributed by atoms with E-state index in [2.05, 4.69) is 32.0 Å². The van der Waals surface area contributed by atoms with Gasteiger partial charge in [0.15, 0.2) is 5.69 Å². The molecule has 2 aliphatic rings. The Bertz CT molecular complexity index is 882. The maximum atomic E-state index is 13.6. The Morgan fingerprint density at radius 3 is 2.80 bits per heavy atom. The standard InChI is InChI=1S/C21H27F2N5O2/c1-14-3-2-6-28(12-14)16-4-7-27(8-5-16)21-26-19(13-30-21)20(29)25-11-18-17(23)9-15(22)10-24-18/h9-10,13-14,16H,2-8,11-12H2,1H3,(H,25,29)/t14-/m1/s1. The van der Waals surface area contributed by atoms with Crippen LogP contribution in [-0.4, -0.2) is 53.0 Å². The largest absolute Gasteiger partial charge is 0.431 e. The van der Waals surface area contributed by atoms with Crippen LogP contribution in [0.4, 0.5) is 14.8 Å². The maximum absolute atomic E-state index is 13.6. The molecule has 0 spiro atoms. The molecule has 0 bridgehead atoms. The summed E-state index contributed by atoms with van der Waals surface area (Å²) in [6.45, 7) is 6.19. The van der Waals surface area contributed by atoms with Crippen LogP contribution >= 0.6 is 0 Å². The van der Waals surface area contributed by atoms with Gasteiger partial charge in [-0.15, -0.1) is 0 Å². The molecule has 4 rings (SSSR count). The number of aromatic nitrogens is 2. The second-order valence-corrected chi connectivity index (χ2v) is 8.24. The number of hydrogen-bond donors (Lipinski definition) is 1. The first-order valence-electron chi connectivity index (χ1n) is 10.5. The summed E-state index contributed by atoms with van der Waals surface area (Å²) in [4.78, 5) is 24.9. The minimum absolute atomic E-state index is 0.0393. The van der Waals surface area contributed by atoms with Crippen molar-refractivity contribution in [3.63, 3.8) is 0 Å². The molecule has 1 atom stereocenters. The molecule has 30 heavy (non-hydrogen) atoms. The van der Waals surface area contributed by atoms with E-state index in [9.17, 15) is 13.6 Å². The van der Waals surface area contributed by atoms with Crippen molar-refractivity contribution in [1.82, 2.24) is 20.2 Å². The maximum Gasteiger partial charge on any atom is 0.297 e. The van der Waals surface area contributed by atoms with Crippen LogP contribution in [0, 0.1) is 17.6 Å². The molecule has 2 saturated heterocycles. The third-order valence-electron chi connectivity index (χ3n) is 5.96. The average molecular weight is 419 g/mol. The van der Waals surface area contributed by atoms with Crippen LogP contribution < -0.4 is 10.2 Å². The first-order chi connectivity index (χ1) is 14.5. The van der Waals surface area contributed by atoms with E-state index in [0.29, 0.717) is 12.1 Å². The van der Waals surface area contributed by atoms with Gasteiger partial charge in [0.05, 0.1) is 18.4 Å². The third-order valence-corrected chi connectivity index (χ3v) is 5.96. The summed E-state index contributed by atoms with van der Waals surface area (Å²) in [6, 6.07) is 1.76. The third kappa shape index (κ3) is 4.77. The van der Waals surface area contributed by atoms with Crippen molar-refractivity contribution in [3.8, 4) is 0 Å². The Hall–Kier alpha value is -2.55. The molecule has 1 amide bonds. The molecule has 2 aliphatic heterocycles. The molecule has 0 radical (unpaired) electrons. The minimum Gasteiger partial charge on any atom is -0.431 e. The van der Waals surface area contributed by atoms with Gasteiger partial charge in [-0.2, -0.15) is 4.98 Å². The number of carbonyl (C=O) groups excluding carboxylic acids is 1. The fraction of sp³-hybridized carbons (Fsp3) is 0.571. The topological polar surface area (TPSA) is 74.5 Å². The molecule has 162 valence electrons. The first kappa shape index (κ1) is 20.7. The molecule has 1 N–H and O–H groups in total. The lowest BCUT2D eigenvalue weighted by molar-refractivity contribution is 0.0945. The number of hydrogen-bond acceptors (Lipinski definition) is 6. The quantitative estimate of drug-likeness (QED) is 0.803. The minimum atomic E-state index is -0.804. The second-order valence-electron chi connectivity index (χ2n) is 8.24. The molecular weight excluding hydrogens is 392 g/mol. The number of carbonyl (C=O) groups is 1. The monoisotopic (exact) mass is 419 g/mol. The number of pyridine rings is 1. The predicted octanol–water partition coefficient (Wildman–Crippen LogP) is 2.98. The van der Waals surface area contributed by atoms with Crippen LogP contribution in [0.3, 0.4) is 0 Å². The van der Waals surface area contributed by atoms with Crippen molar-refractivity contribution in [2.45, 2.75) is 45.2 Å². The molecule has 7 nitrogen and oxygen atoms in total. The summed E-state index contributed by atoms with van der Waals surface area (Å²) < 4.78 is 32.1. The number of halogens is 2. The van der Waals surface area contributed by atoms with Crippen LogP contribution in [0.1, 0.15) is 48.8 Å². The highest BCUT2D eigenvalue weighted by molar-refractivity contribution is 5.92. The Balaban J connectivity index is 1.29. The van der Waals surface area contributed by atoms with Gasteiger partial charge in [0.2, 0.25) is 0 Å². The van der Waals surface area contributed by atoms with Crippen molar-refractivity contribution in [1.29, 1.82) is 0 Å². The van der Waals surface area contributed by atoms with Gasteiger partial charge >= 0.3 is 0 Å². The van der Waals surface area contributed by atoms with Crippen molar-refractivity contribution >= 4 is 11.9 Å². The van der Waals surface area contributed by atoms with Crippen LogP contribution in [0.15, 0.2) is 22.9 Å². The van der Waals surface area contributed by atoms with Crippen molar-refractivity contribution in [2.24, 2.45) is 5.92 Å². The van der Waals surface area contributed by atoms with Crippen molar-refractivity contribution < 1.29 is 18.0 Å². The predicted molar refractivity (Wildman–Crippen MR) is 107 cm³/mol. The fourth-order valence-electron chi connectivity index (χ4n) is 4.32. The average Bonchev–Trinajstić information content (AvgIpc) is 3.23. The lowest BCUT2D eigenvalue weighted by atomic mass is 9.95. The van der Waals surface area contributed by atoms with E-state index in [0.717, 1.165) is 44.1 Å². The SMILES string of the molecule is C[C@@H]1CCCN(C2CCN(c3nc(C(=O)NCc4ncc(F)cc4F)co3)CC2)C1. The van der Waals surface area contributed by atoms with Gasteiger partial charge in [0.25, 0.3) is 11.9 Å².